The van der Waals surface area contributed by atoms with E-state index in [9.17, 15) is 0 Å². The Morgan fingerprint density at radius 2 is 2.29 bits per heavy atom. The lowest BCUT2D eigenvalue weighted by Crippen LogP contribution is -2.22. The molecule has 0 aromatic carbocycles. The Morgan fingerprint density at radius 1 is 1.50 bits per heavy atom. The highest BCUT2D eigenvalue weighted by Gasteiger charge is 2.20. The van der Waals surface area contributed by atoms with Crippen molar-refractivity contribution in [2.45, 2.75) is 45.2 Å². The highest BCUT2D eigenvalue weighted by Crippen LogP contribution is 2.24. The Bertz CT molecular complexity index is 303. The van der Waals surface area contributed by atoms with Crippen LogP contribution in [0.4, 0.5) is 0 Å². The Balaban J connectivity index is 2.17. The van der Waals surface area contributed by atoms with Gasteiger partial charge in [-0.2, -0.15) is 5.10 Å². The largest absolute Gasteiger partial charge is 0.310 e. The minimum Gasteiger partial charge on any atom is -0.310 e. The van der Waals surface area contributed by atoms with Crippen LogP contribution < -0.4 is 5.32 Å². The first-order valence-electron chi connectivity index (χ1n) is 5.36. The van der Waals surface area contributed by atoms with Crippen molar-refractivity contribution < 1.29 is 0 Å². The van der Waals surface area contributed by atoms with E-state index in [2.05, 4.69) is 37.4 Å². The maximum Gasteiger partial charge on any atom is 0.0543 e. The lowest BCUT2D eigenvalue weighted by atomic mass is 10.1. The molecule has 2 heterocycles. The number of aromatic nitrogens is 2. The van der Waals surface area contributed by atoms with Gasteiger partial charge in [0.15, 0.2) is 0 Å². The van der Waals surface area contributed by atoms with Crippen LogP contribution in [-0.4, -0.2) is 16.3 Å². The fourth-order valence-electron chi connectivity index (χ4n) is 1.85. The van der Waals surface area contributed by atoms with E-state index in [1.165, 1.54) is 18.4 Å². The average molecular weight is 193 g/mol. The van der Waals surface area contributed by atoms with Gasteiger partial charge in [0.1, 0.15) is 0 Å². The molecule has 0 unspecified atom stereocenters. The average Bonchev–Trinajstić information content (AvgIpc) is 2.73. The summed E-state index contributed by atoms with van der Waals surface area (Å²) in [6.07, 6.45) is 6.69. The minimum atomic E-state index is 0.0941. The van der Waals surface area contributed by atoms with Crippen LogP contribution >= 0.6 is 0 Å². The summed E-state index contributed by atoms with van der Waals surface area (Å²) in [5, 5.41) is 7.89. The molecule has 78 valence electrons. The fourth-order valence-corrected chi connectivity index (χ4v) is 1.85. The van der Waals surface area contributed by atoms with Crippen molar-refractivity contribution in [2.75, 3.05) is 6.54 Å². The molecule has 14 heavy (non-hydrogen) atoms. The van der Waals surface area contributed by atoms with E-state index in [0.29, 0.717) is 6.04 Å². The minimum absolute atomic E-state index is 0.0941. The fraction of sp³-hybridized carbons (Fsp3) is 0.727. The number of rotatable bonds is 1. The Morgan fingerprint density at radius 3 is 2.79 bits per heavy atom. The molecule has 0 saturated carbocycles. The van der Waals surface area contributed by atoms with E-state index < -0.39 is 0 Å². The third-order valence-corrected chi connectivity index (χ3v) is 2.75. The van der Waals surface area contributed by atoms with Crippen LogP contribution in [-0.2, 0) is 5.54 Å². The van der Waals surface area contributed by atoms with Gasteiger partial charge in [0, 0.05) is 17.8 Å². The van der Waals surface area contributed by atoms with Crippen molar-refractivity contribution >= 4 is 0 Å². The van der Waals surface area contributed by atoms with Crippen LogP contribution in [0.25, 0.3) is 0 Å². The van der Waals surface area contributed by atoms with E-state index in [0.717, 1.165) is 6.54 Å². The van der Waals surface area contributed by atoms with Crippen LogP contribution in [0.5, 0.6) is 0 Å². The van der Waals surface area contributed by atoms with Crippen LogP contribution in [0, 0.1) is 0 Å². The molecule has 0 radical (unpaired) electrons. The molecule has 1 aromatic rings. The number of hydrogen-bond donors (Lipinski definition) is 1. The predicted molar refractivity (Wildman–Crippen MR) is 57.2 cm³/mol. The first-order valence-corrected chi connectivity index (χ1v) is 5.36. The molecule has 0 spiro atoms. The second-order valence-corrected chi connectivity index (χ2v) is 5.04. The van der Waals surface area contributed by atoms with Gasteiger partial charge in [-0.3, -0.25) is 4.68 Å². The third kappa shape index (κ3) is 1.82. The van der Waals surface area contributed by atoms with Gasteiger partial charge in [0.25, 0.3) is 0 Å². The predicted octanol–water partition coefficient (Wildman–Crippen LogP) is 2.06. The van der Waals surface area contributed by atoms with Crippen molar-refractivity contribution in [3.05, 3.63) is 18.0 Å². The van der Waals surface area contributed by atoms with Gasteiger partial charge in [-0.25, -0.2) is 0 Å². The molecule has 1 saturated heterocycles. The summed E-state index contributed by atoms with van der Waals surface area (Å²) in [7, 11) is 0. The molecule has 1 aliphatic rings. The number of nitrogens with zero attached hydrogens (tertiary/aromatic N) is 2. The lowest BCUT2D eigenvalue weighted by molar-refractivity contribution is 0.355. The topological polar surface area (TPSA) is 29.9 Å². The number of nitrogens with one attached hydrogen (secondary N) is 1. The van der Waals surface area contributed by atoms with E-state index >= 15 is 0 Å². The van der Waals surface area contributed by atoms with Crippen LogP contribution in [0.15, 0.2) is 12.4 Å². The first kappa shape index (κ1) is 9.71. The van der Waals surface area contributed by atoms with Gasteiger partial charge in [-0.15, -0.1) is 0 Å². The second kappa shape index (κ2) is 3.39. The molecule has 1 aromatic heterocycles. The quantitative estimate of drug-likeness (QED) is 0.740. The van der Waals surface area contributed by atoms with Gasteiger partial charge in [-0.05, 0) is 40.2 Å². The van der Waals surface area contributed by atoms with Gasteiger partial charge in [0.05, 0.1) is 11.7 Å². The first-order chi connectivity index (χ1) is 6.57. The molecule has 1 aliphatic heterocycles. The van der Waals surface area contributed by atoms with Crippen molar-refractivity contribution in [3.8, 4) is 0 Å². The van der Waals surface area contributed by atoms with Crippen LogP contribution in [0.2, 0.25) is 0 Å². The Hall–Kier alpha value is -0.830. The molecule has 2 rings (SSSR count). The SMILES string of the molecule is CC(C)(C)n1cc([C@@H]2CCCN2)cn1. The smallest absolute Gasteiger partial charge is 0.0543 e. The molecule has 3 nitrogen and oxygen atoms in total. The summed E-state index contributed by atoms with van der Waals surface area (Å²) in [6, 6.07) is 0.533. The zero-order chi connectivity index (χ0) is 10.2. The van der Waals surface area contributed by atoms with E-state index in [-0.39, 0.29) is 5.54 Å². The van der Waals surface area contributed by atoms with Gasteiger partial charge < -0.3 is 5.32 Å². The van der Waals surface area contributed by atoms with Crippen molar-refractivity contribution in [3.63, 3.8) is 0 Å². The summed E-state index contributed by atoms with van der Waals surface area (Å²) < 4.78 is 2.04. The maximum absolute atomic E-state index is 4.41. The normalized spacial score (nSPS) is 22.9. The third-order valence-electron chi connectivity index (χ3n) is 2.75. The Labute approximate surface area is 85.5 Å². The maximum atomic E-state index is 4.41. The highest BCUT2D eigenvalue weighted by atomic mass is 15.3. The second-order valence-electron chi connectivity index (χ2n) is 5.04. The highest BCUT2D eigenvalue weighted by molar-refractivity contribution is 5.12. The molecular formula is C11H19N3. The molecular weight excluding hydrogens is 174 g/mol. The van der Waals surface area contributed by atoms with Gasteiger partial charge in [-0.1, -0.05) is 0 Å². The van der Waals surface area contributed by atoms with Crippen molar-refractivity contribution in [1.82, 2.24) is 15.1 Å². The van der Waals surface area contributed by atoms with Crippen LogP contribution in [0.3, 0.4) is 0 Å². The molecule has 3 heteroatoms. The van der Waals surface area contributed by atoms with Gasteiger partial charge in [0.2, 0.25) is 0 Å². The molecule has 0 amide bonds. The standard InChI is InChI=1S/C11H19N3/c1-11(2,3)14-8-9(7-13-14)10-5-4-6-12-10/h7-8,10,12H,4-6H2,1-3H3/t10-/m0/s1. The summed E-state index contributed by atoms with van der Waals surface area (Å²) in [5.74, 6) is 0. The molecule has 1 atom stereocenters. The molecule has 1 N–H and O–H groups in total. The zero-order valence-corrected chi connectivity index (χ0v) is 9.25. The van der Waals surface area contributed by atoms with Crippen LogP contribution in [0.1, 0.15) is 45.2 Å². The molecule has 1 fully saturated rings. The van der Waals surface area contributed by atoms with E-state index in [4.69, 9.17) is 0 Å². The van der Waals surface area contributed by atoms with E-state index in [1.54, 1.807) is 0 Å². The lowest BCUT2D eigenvalue weighted by Gasteiger charge is -2.19. The summed E-state index contributed by atoms with van der Waals surface area (Å²) in [4.78, 5) is 0. The summed E-state index contributed by atoms with van der Waals surface area (Å²) in [5.41, 5.74) is 1.43. The number of hydrogen-bond acceptors (Lipinski definition) is 2. The monoisotopic (exact) mass is 193 g/mol. The Kier molecular flexibility index (Phi) is 2.35. The zero-order valence-electron chi connectivity index (χ0n) is 9.25. The summed E-state index contributed by atoms with van der Waals surface area (Å²) in [6.45, 7) is 7.66. The molecule has 0 aliphatic carbocycles. The van der Waals surface area contributed by atoms with Crippen molar-refractivity contribution in [1.29, 1.82) is 0 Å². The van der Waals surface area contributed by atoms with Crippen molar-refractivity contribution in [2.24, 2.45) is 0 Å². The summed E-state index contributed by atoms with van der Waals surface area (Å²) >= 11 is 0. The molecule has 0 bridgehead atoms. The van der Waals surface area contributed by atoms with E-state index in [1.807, 2.05) is 10.9 Å². The van der Waals surface area contributed by atoms with Gasteiger partial charge >= 0.3 is 0 Å².